The molecule has 0 saturated heterocycles. The molecule has 22 heavy (non-hydrogen) atoms. The molecule has 1 amide bonds. The first-order chi connectivity index (χ1) is 10.4. The molecule has 4 fully saturated rings. The third-order valence-electron chi connectivity index (χ3n) is 7.18. The van der Waals surface area contributed by atoms with Crippen molar-refractivity contribution in [2.45, 2.75) is 77.7 Å². The smallest absolute Gasteiger partial charge is 0.243 e. The van der Waals surface area contributed by atoms with Gasteiger partial charge < -0.3 is 5.32 Å². The lowest BCUT2D eigenvalue weighted by molar-refractivity contribution is -0.148. The molecular weight excluding hydrogens is 270 g/mol. The minimum atomic E-state index is 0.0386. The van der Waals surface area contributed by atoms with Crippen LogP contribution in [-0.2, 0) is 4.79 Å². The minimum absolute atomic E-state index is 0.0386. The number of hydrogen-bond donors (Lipinski definition) is 1. The van der Waals surface area contributed by atoms with E-state index >= 15 is 0 Å². The van der Waals surface area contributed by atoms with Crippen molar-refractivity contribution in [1.82, 2.24) is 5.32 Å². The van der Waals surface area contributed by atoms with Crippen LogP contribution >= 0.6 is 0 Å². The maximum Gasteiger partial charge on any atom is 0.243 e. The van der Waals surface area contributed by atoms with Gasteiger partial charge in [-0.15, -0.1) is 0 Å². The quantitative estimate of drug-likeness (QED) is 0.708. The zero-order valence-electron chi connectivity index (χ0n) is 14.7. The first kappa shape index (κ1) is 16.1. The minimum Gasteiger partial charge on any atom is -0.346 e. The lowest BCUT2D eigenvalue weighted by Crippen LogP contribution is -2.70. The van der Waals surface area contributed by atoms with Crippen molar-refractivity contribution in [3.05, 3.63) is 12.7 Å². The highest BCUT2D eigenvalue weighted by molar-refractivity contribution is 5.87. The zero-order valence-corrected chi connectivity index (χ0v) is 14.7. The lowest BCUT2D eigenvalue weighted by Gasteiger charge is -2.66. The Morgan fingerprint density at radius 1 is 1.32 bits per heavy atom. The van der Waals surface area contributed by atoms with Gasteiger partial charge in [0.2, 0.25) is 5.91 Å². The maximum atomic E-state index is 12.2. The summed E-state index contributed by atoms with van der Waals surface area (Å²) in [5, 5.41) is 3.49. The van der Waals surface area contributed by atoms with Crippen LogP contribution in [0.3, 0.4) is 0 Å². The van der Waals surface area contributed by atoms with E-state index in [1.807, 2.05) is 0 Å². The van der Waals surface area contributed by atoms with E-state index in [0.29, 0.717) is 23.2 Å². The van der Waals surface area contributed by atoms with Crippen molar-refractivity contribution in [2.24, 2.45) is 29.1 Å². The molecule has 4 bridgehead atoms. The molecule has 0 radical (unpaired) electrons. The number of nitrogens with one attached hydrogen (secondary N) is 1. The van der Waals surface area contributed by atoms with Gasteiger partial charge in [0.15, 0.2) is 0 Å². The molecule has 4 aliphatic carbocycles. The van der Waals surface area contributed by atoms with Gasteiger partial charge in [-0.05, 0) is 73.7 Å². The Bertz CT molecular complexity index is 439. The summed E-state index contributed by atoms with van der Waals surface area (Å²) in [5.41, 5.74) is 0.584. The van der Waals surface area contributed by atoms with Crippen LogP contribution in [0.25, 0.3) is 0 Å². The number of hydrogen-bond acceptors (Lipinski definition) is 1. The SMILES string of the molecule is C=CC(=O)NC1(C(C)CCCC)C2CC3CC1CC(C)(C3)C2. The van der Waals surface area contributed by atoms with Gasteiger partial charge >= 0.3 is 0 Å². The standard InChI is InChI=1S/C20H33NO/c1-5-7-8-14(3)20(21-18(22)6-2)16-9-15-10-17(20)13-19(4,11-15)12-16/h6,14-17H,2,5,7-13H2,1,3-4H3,(H,21,22). The summed E-state index contributed by atoms with van der Waals surface area (Å²) in [7, 11) is 0. The largest absolute Gasteiger partial charge is 0.346 e. The first-order valence-electron chi connectivity index (χ1n) is 9.38. The Morgan fingerprint density at radius 3 is 2.45 bits per heavy atom. The van der Waals surface area contributed by atoms with E-state index in [-0.39, 0.29) is 11.4 Å². The van der Waals surface area contributed by atoms with Crippen LogP contribution in [0, 0.1) is 29.1 Å². The molecule has 0 aromatic carbocycles. The van der Waals surface area contributed by atoms with Crippen LogP contribution in [0.15, 0.2) is 12.7 Å². The van der Waals surface area contributed by atoms with Gasteiger partial charge in [-0.2, -0.15) is 0 Å². The predicted molar refractivity (Wildman–Crippen MR) is 91.4 cm³/mol. The van der Waals surface area contributed by atoms with Crippen LogP contribution in [0.1, 0.15) is 72.1 Å². The fraction of sp³-hybridized carbons (Fsp3) is 0.850. The highest BCUT2D eigenvalue weighted by Gasteiger charge is 2.62. The Labute approximate surface area is 136 Å². The van der Waals surface area contributed by atoms with Crippen LogP contribution in [0.5, 0.6) is 0 Å². The fourth-order valence-electron chi connectivity index (χ4n) is 6.58. The molecule has 0 aromatic heterocycles. The summed E-state index contributed by atoms with van der Waals surface area (Å²) in [6.45, 7) is 10.8. The molecule has 2 nitrogen and oxygen atoms in total. The summed E-state index contributed by atoms with van der Waals surface area (Å²) < 4.78 is 0. The molecule has 4 saturated carbocycles. The van der Waals surface area contributed by atoms with Crippen molar-refractivity contribution in [3.8, 4) is 0 Å². The molecular formula is C20H33NO. The molecule has 1 N–H and O–H groups in total. The van der Waals surface area contributed by atoms with Gasteiger partial charge in [-0.3, -0.25) is 4.79 Å². The molecule has 4 aliphatic rings. The maximum absolute atomic E-state index is 12.2. The monoisotopic (exact) mass is 303 g/mol. The Hall–Kier alpha value is -0.790. The van der Waals surface area contributed by atoms with Gasteiger partial charge in [0.25, 0.3) is 0 Å². The number of amides is 1. The van der Waals surface area contributed by atoms with E-state index in [4.69, 9.17) is 0 Å². The van der Waals surface area contributed by atoms with Gasteiger partial charge in [-0.1, -0.05) is 40.2 Å². The van der Waals surface area contributed by atoms with Crippen molar-refractivity contribution >= 4 is 5.91 Å². The van der Waals surface area contributed by atoms with E-state index < -0.39 is 0 Å². The van der Waals surface area contributed by atoms with Gasteiger partial charge in [0.05, 0.1) is 0 Å². The molecule has 0 heterocycles. The normalized spacial score (nSPS) is 43.9. The van der Waals surface area contributed by atoms with E-state index in [0.717, 1.165) is 5.92 Å². The second-order valence-electron chi connectivity index (χ2n) is 8.82. The van der Waals surface area contributed by atoms with Gasteiger partial charge in [0.1, 0.15) is 0 Å². The van der Waals surface area contributed by atoms with Crippen molar-refractivity contribution in [2.75, 3.05) is 0 Å². The Kier molecular flexibility index (Phi) is 4.16. The molecule has 0 aliphatic heterocycles. The molecule has 3 atom stereocenters. The molecule has 0 spiro atoms. The van der Waals surface area contributed by atoms with Crippen molar-refractivity contribution in [1.29, 1.82) is 0 Å². The van der Waals surface area contributed by atoms with E-state index in [9.17, 15) is 4.79 Å². The van der Waals surface area contributed by atoms with E-state index in [1.165, 1.54) is 57.4 Å². The van der Waals surface area contributed by atoms with Gasteiger partial charge in [-0.25, -0.2) is 0 Å². The summed E-state index contributed by atoms with van der Waals surface area (Å²) in [6.07, 6.45) is 11.9. The second kappa shape index (κ2) is 5.69. The molecule has 2 heteroatoms. The number of unbranched alkanes of at least 4 members (excludes halogenated alkanes) is 1. The number of rotatable bonds is 6. The average Bonchev–Trinajstić information content (AvgIpc) is 2.46. The third-order valence-corrected chi connectivity index (χ3v) is 7.18. The summed E-state index contributed by atoms with van der Waals surface area (Å²) in [5.74, 6) is 2.89. The van der Waals surface area contributed by atoms with E-state index in [1.54, 1.807) is 0 Å². The molecule has 3 unspecified atom stereocenters. The predicted octanol–water partition coefficient (Wildman–Crippen LogP) is 4.70. The van der Waals surface area contributed by atoms with E-state index in [2.05, 4.69) is 32.7 Å². The zero-order chi connectivity index (χ0) is 16.0. The molecule has 4 rings (SSSR count). The summed E-state index contributed by atoms with van der Waals surface area (Å²) in [6, 6.07) is 0. The van der Waals surface area contributed by atoms with Crippen LogP contribution < -0.4 is 5.32 Å². The number of carbonyl (C=O) groups excluding carboxylic acids is 1. The third kappa shape index (κ3) is 2.43. The van der Waals surface area contributed by atoms with Crippen LogP contribution in [0.4, 0.5) is 0 Å². The topological polar surface area (TPSA) is 29.1 Å². The van der Waals surface area contributed by atoms with Gasteiger partial charge in [0, 0.05) is 5.54 Å². The Balaban J connectivity index is 1.92. The molecule has 0 aromatic rings. The van der Waals surface area contributed by atoms with Crippen molar-refractivity contribution < 1.29 is 4.79 Å². The second-order valence-corrected chi connectivity index (χ2v) is 8.82. The first-order valence-corrected chi connectivity index (χ1v) is 9.38. The number of carbonyl (C=O) groups is 1. The Morgan fingerprint density at radius 2 is 1.95 bits per heavy atom. The van der Waals surface area contributed by atoms with Crippen LogP contribution in [-0.4, -0.2) is 11.4 Å². The van der Waals surface area contributed by atoms with Crippen LogP contribution in [0.2, 0.25) is 0 Å². The summed E-state index contributed by atoms with van der Waals surface area (Å²) >= 11 is 0. The fourth-order valence-corrected chi connectivity index (χ4v) is 6.58. The lowest BCUT2D eigenvalue weighted by atomic mass is 9.42. The van der Waals surface area contributed by atoms with Crippen molar-refractivity contribution in [3.63, 3.8) is 0 Å². The molecule has 124 valence electrons. The highest BCUT2D eigenvalue weighted by Crippen LogP contribution is 2.65. The highest BCUT2D eigenvalue weighted by atomic mass is 16.1. The average molecular weight is 303 g/mol. The summed E-state index contributed by atoms with van der Waals surface area (Å²) in [4.78, 5) is 12.2.